The molecule has 0 aliphatic carbocycles. The van der Waals surface area contributed by atoms with Crippen molar-refractivity contribution in [3.8, 4) is 0 Å². The zero-order valence-corrected chi connectivity index (χ0v) is 13.4. The Morgan fingerprint density at radius 3 is 2.62 bits per heavy atom. The Hall–Kier alpha value is -1.93. The third kappa shape index (κ3) is 3.16. The molecular formula is C16H15F3N2O2S. The van der Waals surface area contributed by atoms with Crippen LogP contribution in [0, 0.1) is 0 Å². The van der Waals surface area contributed by atoms with Gasteiger partial charge >= 0.3 is 6.18 Å². The monoisotopic (exact) mass is 356 g/mol. The third-order valence-corrected chi connectivity index (χ3v) is 5.94. The van der Waals surface area contributed by atoms with Crippen LogP contribution in [0.3, 0.4) is 0 Å². The van der Waals surface area contributed by atoms with Crippen LogP contribution in [0.5, 0.6) is 0 Å². The summed E-state index contributed by atoms with van der Waals surface area (Å²) in [6.45, 7) is 0.276. The molecule has 1 fully saturated rings. The van der Waals surface area contributed by atoms with Crippen LogP contribution in [-0.2, 0) is 16.2 Å². The molecule has 2 heterocycles. The molecule has 2 aromatic rings. The molecule has 1 aliphatic rings. The fourth-order valence-electron chi connectivity index (χ4n) is 2.90. The van der Waals surface area contributed by atoms with Crippen LogP contribution in [0.4, 0.5) is 13.2 Å². The summed E-state index contributed by atoms with van der Waals surface area (Å²) < 4.78 is 65.5. The number of nitrogens with zero attached hydrogens (tertiary/aromatic N) is 2. The number of hydrogen-bond donors (Lipinski definition) is 0. The SMILES string of the molecule is O=S(=O)(c1cccc(C(F)(F)F)c1)N1CCC[C@H]1c1cccnc1. The Morgan fingerprint density at radius 1 is 1.17 bits per heavy atom. The van der Waals surface area contributed by atoms with E-state index in [1.165, 1.54) is 10.4 Å². The van der Waals surface area contributed by atoms with E-state index in [2.05, 4.69) is 4.98 Å². The average Bonchev–Trinajstić information content (AvgIpc) is 3.05. The first-order valence-corrected chi connectivity index (χ1v) is 8.83. The van der Waals surface area contributed by atoms with Gasteiger partial charge in [0.15, 0.2) is 0 Å². The highest BCUT2D eigenvalue weighted by molar-refractivity contribution is 7.89. The van der Waals surface area contributed by atoms with Crippen LogP contribution in [0.25, 0.3) is 0 Å². The molecule has 0 unspecified atom stereocenters. The van der Waals surface area contributed by atoms with Gasteiger partial charge in [0.2, 0.25) is 10.0 Å². The van der Waals surface area contributed by atoms with E-state index in [9.17, 15) is 21.6 Å². The van der Waals surface area contributed by atoms with Gasteiger partial charge in [-0.2, -0.15) is 17.5 Å². The topological polar surface area (TPSA) is 50.3 Å². The smallest absolute Gasteiger partial charge is 0.264 e. The molecule has 1 saturated heterocycles. The lowest BCUT2D eigenvalue weighted by Gasteiger charge is -2.24. The minimum absolute atomic E-state index is 0.276. The van der Waals surface area contributed by atoms with Crippen molar-refractivity contribution in [3.05, 3.63) is 59.9 Å². The highest BCUT2D eigenvalue weighted by Gasteiger charge is 2.38. The van der Waals surface area contributed by atoms with Crippen LogP contribution >= 0.6 is 0 Å². The predicted octanol–water partition coefficient (Wildman–Crippen LogP) is 3.63. The summed E-state index contributed by atoms with van der Waals surface area (Å²) in [7, 11) is -4.01. The van der Waals surface area contributed by atoms with Gasteiger partial charge < -0.3 is 0 Å². The lowest BCUT2D eigenvalue weighted by molar-refractivity contribution is -0.137. The molecule has 0 radical (unpaired) electrons. The van der Waals surface area contributed by atoms with Crippen molar-refractivity contribution in [2.75, 3.05) is 6.54 Å². The molecule has 1 aliphatic heterocycles. The first kappa shape index (κ1) is 16.9. The van der Waals surface area contributed by atoms with Crippen LogP contribution < -0.4 is 0 Å². The molecule has 1 aromatic heterocycles. The summed E-state index contributed by atoms with van der Waals surface area (Å²) in [4.78, 5) is 3.65. The number of alkyl halides is 3. The fourth-order valence-corrected chi connectivity index (χ4v) is 4.63. The maximum absolute atomic E-state index is 12.9. The first-order chi connectivity index (χ1) is 11.3. The van der Waals surface area contributed by atoms with E-state index in [1.54, 1.807) is 24.5 Å². The van der Waals surface area contributed by atoms with E-state index in [1.807, 2.05) is 0 Å². The van der Waals surface area contributed by atoms with E-state index < -0.39 is 27.8 Å². The second-order valence-corrected chi connectivity index (χ2v) is 7.48. The molecule has 128 valence electrons. The largest absolute Gasteiger partial charge is 0.416 e. The van der Waals surface area contributed by atoms with Crippen molar-refractivity contribution in [1.82, 2.24) is 9.29 Å². The van der Waals surface area contributed by atoms with Gasteiger partial charge in [-0.15, -0.1) is 0 Å². The molecule has 0 spiro atoms. The summed E-state index contributed by atoms with van der Waals surface area (Å²) in [5.74, 6) is 0. The maximum atomic E-state index is 12.9. The summed E-state index contributed by atoms with van der Waals surface area (Å²) in [6.07, 6.45) is -0.143. The molecule has 1 atom stereocenters. The molecule has 0 amide bonds. The minimum atomic E-state index is -4.58. The number of pyridine rings is 1. The van der Waals surface area contributed by atoms with Crippen LogP contribution in [0.2, 0.25) is 0 Å². The van der Waals surface area contributed by atoms with E-state index in [-0.39, 0.29) is 11.4 Å². The van der Waals surface area contributed by atoms with Crippen molar-refractivity contribution < 1.29 is 21.6 Å². The first-order valence-electron chi connectivity index (χ1n) is 7.39. The van der Waals surface area contributed by atoms with Gasteiger partial charge in [0.25, 0.3) is 0 Å². The van der Waals surface area contributed by atoms with Gasteiger partial charge in [0.1, 0.15) is 0 Å². The lowest BCUT2D eigenvalue weighted by Crippen LogP contribution is -2.31. The van der Waals surface area contributed by atoms with E-state index in [0.29, 0.717) is 18.9 Å². The van der Waals surface area contributed by atoms with Crippen molar-refractivity contribution in [3.63, 3.8) is 0 Å². The fraction of sp³-hybridized carbons (Fsp3) is 0.312. The second-order valence-electron chi connectivity index (χ2n) is 5.59. The van der Waals surface area contributed by atoms with Gasteiger partial charge in [-0.1, -0.05) is 12.1 Å². The number of aromatic nitrogens is 1. The van der Waals surface area contributed by atoms with Gasteiger partial charge in [0, 0.05) is 18.9 Å². The average molecular weight is 356 g/mol. The summed E-state index contributed by atoms with van der Waals surface area (Å²) >= 11 is 0. The molecule has 3 rings (SSSR count). The van der Waals surface area contributed by atoms with Gasteiger partial charge in [0.05, 0.1) is 16.5 Å². The highest BCUT2D eigenvalue weighted by Crippen LogP contribution is 2.37. The van der Waals surface area contributed by atoms with Gasteiger partial charge in [-0.05, 0) is 42.7 Å². The molecule has 1 aromatic carbocycles. The second kappa shape index (κ2) is 6.18. The number of benzene rings is 1. The Kier molecular flexibility index (Phi) is 4.35. The van der Waals surface area contributed by atoms with E-state index >= 15 is 0 Å². The molecule has 0 saturated carbocycles. The van der Waals surface area contributed by atoms with Crippen LogP contribution in [-0.4, -0.2) is 24.3 Å². The van der Waals surface area contributed by atoms with Crippen molar-refractivity contribution >= 4 is 10.0 Å². The number of hydrogen-bond acceptors (Lipinski definition) is 3. The third-order valence-electron chi connectivity index (χ3n) is 4.04. The number of halogens is 3. The summed E-state index contributed by atoms with van der Waals surface area (Å²) in [5, 5.41) is 0. The summed E-state index contributed by atoms with van der Waals surface area (Å²) in [6, 6.07) is 6.95. The quantitative estimate of drug-likeness (QED) is 0.844. The predicted molar refractivity (Wildman–Crippen MR) is 81.5 cm³/mol. The standard InChI is InChI=1S/C16H15F3N2O2S/c17-16(18,19)13-5-1-6-14(10-13)24(22,23)21-9-3-7-15(21)12-4-2-8-20-11-12/h1-2,4-6,8,10-11,15H,3,7,9H2/t15-/m0/s1. The normalized spacial score (nSPS) is 19.5. The highest BCUT2D eigenvalue weighted by atomic mass is 32.2. The van der Waals surface area contributed by atoms with E-state index in [0.717, 1.165) is 17.7 Å². The Morgan fingerprint density at radius 2 is 1.96 bits per heavy atom. The van der Waals surface area contributed by atoms with Crippen molar-refractivity contribution in [2.24, 2.45) is 0 Å². The van der Waals surface area contributed by atoms with Crippen molar-refractivity contribution in [1.29, 1.82) is 0 Å². The van der Waals surface area contributed by atoms with Gasteiger partial charge in [-0.25, -0.2) is 8.42 Å². The molecule has 24 heavy (non-hydrogen) atoms. The van der Waals surface area contributed by atoms with E-state index in [4.69, 9.17) is 0 Å². The van der Waals surface area contributed by atoms with Crippen molar-refractivity contribution in [2.45, 2.75) is 30.0 Å². The Labute approximate surface area is 138 Å². The molecular weight excluding hydrogens is 341 g/mol. The Balaban J connectivity index is 1.98. The lowest BCUT2D eigenvalue weighted by atomic mass is 10.1. The molecule has 0 bridgehead atoms. The molecule has 4 nitrogen and oxygen atoms in total. The number of rotatable bonds is 3. The zero-order valence-electron chi connectivity index (χ0n) is 12.6. The maximum Gasteiger partial charge on any atom is 0.416 e. The summed E-state index contributed by atoms with van der Waals surface area (Å²) in [5.41, 5.74) is -0.230. The molecule has 0 N–H and O–H groups in total. The van der Waals surface area contributed by atoms with Gasteiger partial charge in [-0.3, -0.25) is 4.98 Å². The van der Waals surface area contributed by atoms with Crippen LogP contribution in [0.1, 0.15) is 30.0 Å². The van der Waals surface area contributed by atoms with Crippen LogP contribution in [0.15, 0.2) is 53.7 Å². The molecule has 8 heteroatoms. The zero-order chi connectivity index (χ0) is 17.4. The number of sulfonamides is 1. The Bertz CT molecular complexity index is 823. The minimum Gasteiger partial charge on any atom is -0.264 e.